The van der Waals surface area contributed by atoms with Gasteiger partial charge in [0.05, 0.1) is 25.0 Å². The first-order chi connectivity index (χ1) is 13.5. The highest BCUT2D eigenvalue weighted by molar-refractivity contribution is 9.10. The van der Waals surface area contributed by atoms with Crippen molar-refractivity contribution in [1.29, 1.82) is 0 Å². The highest BCUT2D eigenvalue weighted by atomic mass is 79.9. The van der Waals surface area contributed by atoms with Crippen LogP contribution in [0.15, 0.2) is 65.1 Å². The number of aromatic nitrogens is 2. The molecule has 3 rings (SSSR count). The zero-order valence-electron chi connectivity index (χ0n) is 15.5. The second-order valence-corrected chi connectivity index (χ2v) is 7.43. The molecule has 0 bridgehead atoms. The number of carbonyl (C=O) groups is 1. The molecule has 0 aliphatic rings. The summed E-state index contributed by atoms with van der Waals surface area (Å²) in [7, 11) is 1.64. The molecule has 0 saturated heterocycles. The normalized spacial score (nSPS) is 12.0. The average molecular weight is 444 g/mol. The van der Waals surface area contributed by atoms with Gasteiger partial charge in [-0.05, 0) is 23.8 Å². The molecule has 1 amide bonds. The van der Waals surface area contributed by atoms with Crippen LogP contribution in [-0.2, 0) is 11.3 Å². The van der Waals surface area contributed by atoms with Crippen LogP contribution in [0.5, 0.6) is 0 Å². The molecule has 6 nitrogen and oxygen atoms in total. The number of likely N-dealkylation sites (N-methyl/N-ethyl adjacent to an activating group) is 1. The second kappa shape index (κ2) is 9.64. The fraction of sp³-hybridized carbons (Fsp3) is 0.238. The number of rotatable bonds is 8. The largest absolute Gasteiger partial charge is 0.389 e. The lowest BCUT2D eigenvalue weighted by Gasteiger charge is -2.20. The number of ether oxygens (including phenoxy) is 1. The summed E-state index contributed by atoms with van der Waals surface area (Å²) in [5.74, 6) is -0.238. The lowest BCUT2D eigenvalue weighted by Crippen LogP contribution is -2.36. The first kappa shape index (κ1) is 20.3. The van der Waals surface area contributed by atoms with E-state index in [4.69, 9.17) is 4.74 Å². The van der Waals surface area contributed by atoms with Gasteiger partial charge in [0.1, 0.15) is 5.69 Å². The van der Waals surface area contributed by atoms with E-state index >= 15 is 0 Å². The van der Waals surface area contributed by atoms with E-state index < -0.39 is 6.10 Å². The third-order valence-corrected chi connectivity index (χ3v) is 4.73. The first-order valence-electron chi connectivity index (χ1n) is 8.89. The monoisotopic (exact) mass is 443 g/mol. The van der Waals surface area contributed by atoms with Crippen LogP contribution < -0.4 is 0 Å². The SMILES string of the molecule is CN(CC(O)COCc1ccccc1)C(=O)c1cc(-c2ccc(Br)cc2)n[nH]1. The summed E-state index contributed by atoms with van der Waals surface area (Å²) >= 11 is 3.40. The second-order valence-electron chi connectivity index (χ2n) is 6.51. The molecule has 28 heavy (non-hydrogen) atoms. The van der Waals surface area contributed by atoms with Gasteiger partial charge in [-0.1, -0.05) is 58.4 Å². The van der Waals surface area contributed by atoms with E-state index in [0.29, 0.717) is 18.0 Å². The van der Waals surface area contributed by atoms with E-state index in [-0.39, 0.29) is 19.1 Å². The summed E-state index contributed by atoms with van der Waals surface area (Å²) in [6.45, 7) is 0.743. The molecule has 0 radical (unpaired) electrons. The molecular formula is C21H22BrN3O3. The molecule has 7 heteroatoms. The Kier molecular flexibility index (Phi) is 6.97. The molecule has 1 heterocycles. The Balaban J connectivity index is 1.50. The molecule has 0 aliphatic heterocycles. The standard InChI is InChI=1S/C21H22BrN3O3/c1-25(12-18(26)14-28-13-15-5-3-2-4-6-15)21(27)20-11-19(23-24-20)16-7-9-17(22)10-8-16/h2-11,18,26H,12-14H2,1H3,(H,23,24). The van der Waals surface area contributed by atoms with E-state index in [1.54, 1.807) is 13.1 Å². The van der Waals surface area contributed by atoms with Gasteiger partial charge in [-0.3, -0.25) is 9.89 Å². The zero-order chi connectivity index (χ0) is 19.9. The number of nitrogens with one attached hydrogen (secondary N) is 1. The number of halogens is 1. The van der Waals surface area contributed by atoms with Crippen LogP contribution in [0.4, 0.5) is 0 Å². The topological polar surface area (TPSA) is 78.5 Å². The van der Waals surface area contributed by atoms with Crippen molar-refractivity contribution in [2.45, 2.75) is 12.7 Å². The maximum atomic E-state index is 12.6. The van der Waals surface area contributed by atoms with E-state index in [1.807, 2.05) is 54.6 Å². The quantitative estimate of drug-likeness (QED) is 0.558. The average Bonchev–Trinajstić information content (AvgIpc) is 3.19. The third-order valence-electron chi connectivity index (χ3n) is 4.20. The van der Waals surface area contributed by atoms with Crippen molar-refractivity contribution in [3.63, 3.8) is 0 Å². The minimum atomic E-state index is -0.772. The number of carbonyl (C=O) groups excluding carboxylic acids is 1. The molecule has 1 unspecified atom stereocenters. The first-order valence-corrected chi connectivity index (χ1v) is 9.69. The van der Waals surface area contributed by atoms with Crippen LogP contribution in [0.2, 0.25) is 0 Å². The van der Waals surface area contributed by atoms with E-state index in [2.05, 4.69) is 26.1 Å². The van der Waals surface area contributed by atoms with E-state index in [1.165, 1.54) is 4.90 Å². The van der Waals surface area contributed by atoms with Gasteiger partial charge in [0.2, 0.25) is 0 Å². The van der Waals surface area contributed by atoms with E-state index in [0.717, 1.165) is 15.6 Å². The number of aliphatic hydroxyl groups is 1. The lowest BCUT2D eigenvalue weighted by molar-refractivity contribution is 0.0136. The third kappa shape index (κ3) is 5.51. The minimum absolute atomic E-state index is 0.152. The Labute approximate surface area is 172 Å². The number of H-pyrrole nitrogens is 1. The number of hydrogen-bond donors (Lipinski definition) is 2. The summed E-state index contributed by atoms with van der Waals surface area (Å²) in [5.41, 5.74) is 3.02. The van der Waals surface area contributed by atoms with Crippen molar-refractivity contribution in [2.75, 3.05) is 20.2 Å². The van der Waals surface area contributed by atoms with Gasteiger partial charge in [0, 0.05) is 23.6 Å². The van der Waals surface area contributed by atoms with Crippen molar-refractivity contribution in [3.8, 4) is 11.3 Å². The number of hydrogen-bond acceptors (Lipinski definition) is 4. The molecule has 3 aromatic rings. The van der Waals surface area contributed by atoms with Gasteiger partial charge in [0.15, 0.2) is 0 Å². The van der Waals surface area contributed by atoms with Crippen molar-refractivity contribution in [3.05, 3.63) is 76.4 Å². The summed E-state index contributed by atoms with van der Waals surface area (Å²) in [6.07, 6.45) is -0.772. The molecule has 146 valence electrons. The van der Waals surface area contributed by atoms with Crippen LogP contribution in [0.1, 0.15) is 16.1 Å². The highest BCUT2D eigenvalue weighted by Crippen LogP contribution is 2.20. The number of amides is 1. The summed E-state index contributed by atoms with van der Waals surface area (Å²) in [5, 5.41) is 17.1. The van der Waals surface area contributed by atoms with E-state index in [9.17, 15) is 9.90 Å². The number of nitrogens with zero attached hydrogens (tertiary/aromatic N) is 2. The van der Waals surface area contributed by atoms with Crippen LogP contribution in [0, 0.1) is 0 Å². The summed E-state index contributed by atoms with van der Waals surface area (Å²) in [6, 6.07) is 19.1. The Morgan fingerprint density at radius 1 is 1.21 bits per heavy atom. The van der Waals surface area contributed by atoms with Crippen molar-refractivity contribution >= 4 is 21.8 Å². The van der Waals surface area contributed by atoms with Gasteiger partial charge in [-0.15, -0.1) is 0 Å². The molecule has 0 spiro atoms. The van der Waals surface area contributed by atoms with Gasteiger partial charge >= 0.3 is 0 Å². The predicted molar refractivity (Wildman–Crippen MR) is 111 cm³/mol. The lowest BCUT2D eigenvalue weighted by atomic mass is 10.1. The predicted octanol–water partition coefficient (Wildman–Crippen LogP) is 3.49. The minimum Gasteiger partial charge on any atom is -0.389 e. The number of benzene rings is 2. The fourth-order valence-corrected chi connectivity index (χ4v) is 3.01. The zero-order valence-corrected chi connectivity index (χ0v) is 17.1. The Morgan fingerprint density at radius 3 is 2.64 bits per heavy atom. The van der Waals surface area contributed by atoms with Gasteiger partial charge in [0.25, 0.3) is 5.91 Å². The molecule has 1 aromatic heterocycles. The Bertz CT molecular complexity index is 897. The number of aromatic amines is 1. The molecular weight excluding hydrogens is 422 g/mol. The molecule has 2 aromatic carbocycles. The van der Waals surface area contributed by atoms with Crippen LogP contribution >= 0.6 is 15.9 Å². The summed E-state index contributed by atoms with van der Waals surface area (Å²) < 4.78 is 6.51. The molecule has 0 saturated carbocycles. The summed E-state index contributed by atoms with van der Waals surface area (Å²) in [4.78, 5) is 14.0. The van der Waals surface area contributed by atoms with Crippen molar-refractivity contribution < 1.29 is 14.6 Å². The van der Waals surface area contributed by atoms with Gasteiger partial charge in [-0.25, -0.2) is 0 Å². The smallest absolute Gasteiger partial charge is 0.271 e. The maximum absolute atomic E-state index is 12.6. The van der Waals surface area contributed by atoms with Crippen molar-refractivity contribution in [1.82, 2.24) is 15.1 Å². The van der Waals surface area contributed by atoms with Crippen LogP contribution in [-0.4, -0.2) is 52.4 Å². The Hall–Kier alpha value is -2.48. The number of aliphatic hydroxyl groups excluding tert-OH is 1. The Morgan fingerprint density at radius 2 is 1.93 bits per heavy atom. The van der Waals surface area contributed by atoms with Crippen molar-refractivity contribution in [2.24, 2.45) is 0 Å². The maximum Gasteiger partial charge on any atom is 0.271 e. The molecule has 0 aliphatic carbocycles. The fourth-order valence-electron chi connectivity index (χ4n) is 2.74. The van der Waals surface area contributed by atoms with Crippen LogP contribution in [0.25, 0.3) is 11.3 Å². The highest BCUT2D eigenvalue weighted by Gasteiger charge is 2.18. The van der Waals surface area contributed by atoms with Crippen LogP contribution in [0.3, 0.4) is 0 Å². The van der Waals surface area contributed by atoms with Gasteiger partial charge < -0.3 is 14.7 Å². The molecule has 2 N–H and O–H groups in total. The van der Waals surface area contributed by atoms with Gasteiger partial charge in [-0.2, -0.15) is 5.10 Å². The molecule has 1 atom stereocenters. The molecule has 0 fully saturated rings.